The van der Waals surface area contributed by atoms with Gasteiger partial charge in [-0.3, -0.25) is 52.7 Å². The Morgan fingerprint density at radius 2 is 0.920 bits per heavy atom. The van der Waals surface area contributed by atoms with Gasteiger partial charge in [0.05, 0.1) is 18.2 Å². The average molecular weight is 1230 g/mol. The van der Waals surface area contributed by atoms with Crippen LogP contribution in [0.3, 0.4) is 0 Å². The van der Waals surface area contributed by atoms with Gasteiger partial charge in [0.15, 0.2) is 17.3 Å². The van der Waals surface area contributed by atoms with E-state index in [1.807, 2.05) is 68.4 Å². The molecule has 20 nitrogen and oxygen atoms in total. The molecule has 0 aromatic rings. The van der Waals surface area contributed by atoms with Crippen molar-refractivity contribution in [3.63, 3.8) is 0 Å². The number of amides is 8. The lowest BCUT2D eigenvalue weighted by Crippen LogP contribution is -2.61. The molecule has 0 aliphatic carbocycles. The third-order valence-electron chi connectivity index (χ3n) is 17.4. The number of hydrogen-bond acceptors (Lipinski definition) is 12. The van der Waals surface area contributed by atoms with Crippen molar-refractivity contribution >= 4 is 64.6 Å². The maximum atomic E-state index is 15.2. The highest BCUT2D eigenvalue weighted by Gasteiger charge is 2.46. The van der Waals surface area contributed by atoms with Gasteiger partial charge in [-0.15, -0.1) is 0 Å². The minimum atomic E-state index is -1.51. The summed E-state index contributed by atoms with van der Waals surface area (Å²) >= 11 is 0. The van der Waals surface area contributed by atoms with Crippen LogP contribution >= 0.6 is 0 Å². The zero-order valence-electron chi connectivity index (χ0n) is 58.1. The molecule has 1 aliphatic heterocycles. The molecule has 1 fully saturated rings. The second-order valence-electron chi connectivity index (χ2n) is 27.3. The van der Waals surface area contributed by atoms with Gasteiger partial charge in [0, 0.05) is 86.3 Å². The molecule has 0 spiro atoms. The number of carbonyl (C=O) groups is 11. The standard InChI is InChI=1S/C67H116N8O12/c1-26-29-30-44(16)59(79)58-56(78)36-47(27-2)62(82)69(19)49(28-3)64(84)71(21)51(32-39(6)7)55(77)37-48(42(12)13)63(83)70(20)50(31-38(4)5)54(76)35-45(17)60(80)68-46(18)61(81)72(22)52(33-40(8)9)65(85)73(23)53(34-41(10)11)66(86)74(24)57(43(14)15)67(87)75(58)25/h26,28-29,38-48,50-53,57-59,79H,27,30-37H2,1-25H3,(H,68,80)/b29-26+,49-28+/t44-,45+,46+,47+,48-,50-,51+,52-,53-,57-,58+,59-/m1/s1. The minimum absolute atomic E-state index is 0.0733. The van der Waals surface area contributed by atoms with E-state index in [-0.39, 0.29) is 74.3 Å². The van der Waals surface area contributed by atoms with E-state index < -0.39 is 155 Å². The Hall–Kier alpha value is -5.79. The van der Waals surface area contributed by atoms with E-state index in [2.05, 4.69) is 5.32 Å². The molecular weight excluding hydrogens is 1110 g/mol. The van der Waals surface area contributed by atoms with Crippen molar-refractivity contribution < 1.29 is 57.8 Å². The van der Waals surface area contributed by atoms with E-state index in [0.29, 0.717) is 6.42 Å². The van der Waals surface area contributed by atoms with E-state index in [0.717, 1.165) is 9.80 Å². The normalized spacial score (nSPS) is 27.3. The van der Waals surface area contributed by atoms with Crippen LogP contribution in [0.4, 0.5) is 0 Å². The summed E-state index contributed by atoms with van der Waals surface area (Å²) in [6.45, 7) is 32.2. The smallest absolute Gasteiger partial charge is 0.270 e. The lowest BCUT2D eigenvalue weighted by atomic mass is 9.84. The molecule has 20 heteroatoms. The summed E-state index contributed by atoms with van der Waals surface area (Å²) in [6.07, 6.45) is 3.87. The van der Waals surface area contributed by atoms with Gasteiger partial charge in [-0.25, -0.2) is 0 Å². The van der Waals surface area contributed by atoms with Gasteiger partial charge in [-0.1, -0.05) is 122 Å². The third-order valence-corrected chi connectivity index (χ3v) is 17.4. The van der Waals surface area contributed by atoms with Gasteiger partial charge in [0.1, 0.15) is 35.9 Å². The summed E-state index contributed by atoms with van der Waals surface area (Å²) in [5.41, 5.74) is -0.0753. The third kappa shape index (κ3) is 21.7. The quantitative estimate of drug-likeness (QED) is 0.120. The van der Waals surface area contributed by atoms with E-state index in [9.17, 15) is 38.7 Å². The molecule has 2 N–H and O–H groups in total. The van der Waals surface area contributed by atoms with Crippen LogP contribution in [0.1, 0.15) is 182 Å². The number of ketones is 3. The number of aliphatic hydroxyl groups excluding tert-OH is 1. The predicted molar refractivity (Wildman–Crippen MR) is 341 cm³/mol. The molecule has 1 heterocycles. The molecule has 1 aliphatic rings. The van der Waals surface area contributed by atoms with Crippen LogP contribution in [0.15, 0.2) is 23.9 Å². The van der Waals surface area contributed by atoms with Crippen LogP contribution in [0.5, 0.6) is 0 Å². The Balaban J connectivity index is 4.42. The molecule has 8 amide bonds. The van der Waals surface area contributed by atoms with Crippen molar-refractivity contribution in [1.82, 2.24) is 39.6 Å². The fraction of sp³-hybridized carbons (Fsp3) is 0.776. The number of allylic oxidation sites excluding steroid dienone is 3. The summed E-state index contributed by atoms with van der Waals surface area (Å²) in [5.74, 6) is -11.1. The van der Waals surface area contributed by atoms with Crippen molar-refractivity contribution in [3.8, 4) is 0 Å². The molecule has 12 atom stereocenters. The second kappa shape index (κ2) is 36.0. The molecule has 0 bridgehead atoms. The number of Topliss-reactive ketones (excluding diaryl/α,β-unsaturated/α-hetero) is 3. The molecule has 496 valence electrons. The Kier molecular flexibility index (Phi) is 32.8. The number of nitrogens with one attached hydrogen (secondary N) is 1. The molecular formula is C67H116N8O12. The summed E-state index contributed by atoms with van der Waals surface area (Å²) in [7, 11) is 10.2. The number of likely N-dealkylation sites (N-methyl/N-ethyl adjacent to an activating group) is 7. The fourth-order valence-corrected chi connectivity index (χ4v) is 11.8. The van der Waals surface area contributed by atoms with Gasteiger partial charge in [-0.2, -0.15) is 0 Å². The predicted octanol–water partition coefficient (Wildman–Crippen LogP) is 7.44. The number of hydrogen-bond donors (Lipinski definition) is 2. The maximum Gasteiger partial charge on any atom is 0.270 e. The van der Waals surface area contributed by atoms with Crippen molar-refractivity contribution in [3.05, 3.63) is 23.9 Å². The molecule has 87 heavy (non-hydrogen) atoms. The van der Waals surface area contributed by atoms with E-state index in [4.69, 9.17) is 0 Å². The first kappa shape index (κ1) is 79.2. The van der Waals surface area contributed by atoms with Crippen molar-refractivity contribution in [2.24, 2.45) is 59.2 Å². The number of rotatable bonds is 15. The Labute approximate surface area is 523 Å². The van der Waals surface area contributed by atoms with Crippen LogP contribution < -0.4 is 5.32 Å². The van der Waals surface area contributed by atoms with E-state index in [1.165, 1.54) is 86.8 Å². The summed E-state index contributed by atoms with van der Waals surface area (Å²) < 4.78 is 0. The monoisotopic (exact) mass is 1220 g/mol. The lowest BCUT2D eigenvalue weighted by Gasteiger charge is -2.41. The largest absolute Gasteiger partial charge is 0.390 e. The van der Waals surface area contributed by atoms with Crippen molar-refractivity contribution in [2.75, 3.05) is 49.3 Å². The van der Waals surface area contributed by atoms with Gasteiger partial charge < -0.3 is 44.7 Å². The van der Waals surface area contributed by atoms with E-state index in [1.54, 1.807) is 61.5 Å². The van der Waals surface area contributed by atoms with Crippen LogP contribution in [0, 0.1) is 59.2 Å². The number of carbonyl (C=O) groups excluding carboxylic acids is 11. The van der Waals surface area contributed by atoms with E-state index >= 15 is 19.2 Å². The highest BCUT2D eigenvalue weighted by atomic mass is 16.3. The molecule has 0 unspecified atom stereocenters. The zero-order valence-corrected chi connectivity index (χ0v) is 58.1. The Bertz CT molecular complexity index is 2430. The molecule has 0 saturated carbocycles. The minimum Gasteiger partial charge on any atom is -0.390 e. The number of aliphatic hydroxyl groups is 1. The van der Waals surface area contributed by atoms with Gasteiger partial charge in [0.2, 0.25) is 41.4 Å². The van der Waals surface area contributed by atoms with Crippen molar-refractivity contribution in [2.45, 2.75) is 231 Å². The maximum absolute atomic E-state index is 15.2. The van der Waals surface area contributed by atoms with Gasteiger partial charge in [0.25, 0.3) is 5.91 Å². The highest BCUT2D eigenvalue weighted by Crippen LogP contribution is 2.30. The first-order valence-corrected chi connectivity index (χ1v) is 31.9. The highest BCUT2D eigenvalue weighted by molar-refractivity contribution is 6.02. The zero-order chi connectivity index (χ0) is 67.6. The fourth-order valence-electron chi connectivity index (χ4n) is 11.8. The first-order chi connectivity index (χ1) is 40.2. The molecule has 0 radical (unpaired) electrons. The first-order valence-electron chi connectivity index (χ1n) is 31.9. The summed E-state index contributed by atoms with van der Waals surface area (Å²) in [5, 5.41) is 15.0. The Morgan fingerprint density at radius 3 is 1.36 bits per heavy atom. The Morgan fingerprint density at radius 1 is 0.494 bits per heavy atom. The van der Waals surface area contributed by atoms with Crippen LogP contribution in [0.2, 0.25) is 0 Å². The van der Waals surface area contributed by atoms with Crippen LogP contribution in [0.25, 0.3) is 0 Å². The lowest BCUT2D eigenvalue weighted by molar-refractivity contribution is -0.157. The molecule has 0 aromatic carbocycles. The SMILES string of the molecule is C/C=C/C[C@@H](C)[C@@H](O)[C@@H]1C(=O)C[C@H](CC)C(=O)N(C)/C(=C/C)C(=O)N(C)[C@@H](CC(C)C)C(=O)C[C@H](C(C)C)C(=O)N(C)[C@H](CC(C)C)C(=O)C[C@H](C)C(=O)N[C@@H](C)C(=O)N(C)[C@H](CC(C)C)C(=O)N(C)[C@H](CC(C)C)C(=O)N(C)[C@H](C(C)C)C(=O)N1C. The average Bonchev–Trinajstić information content (AvgIpc) is 1.23. The number of nitrogens with zero attached hydrogens (tertiary/aromatic N) is 7. The molecule has 0 aromatic heterocycles. The second-order valence-corrected chi connectivity index (χ2v) is 27.3. The van der Waals surface area contributed by atoms with Crippen LogP contribution in [-0.4, -0.2) is 202 Å². The summed E-state index contributed by atoms with van der Waals surface area (Å²) in [6, 6.07) is -8.21. The summed E-state index contributed by atoms with van der Waals surface area (Å²) in [4.78, 5) is 171. The van der Waals surface area contributed by atoms with Gasteiger partial charge >= 0.3 is 0 Å². The van der Waals surface area contributed by atoms with Crippen molar-refractivity contribution in [1.29, 1.82) is 0 Å². The van der Waals surface area contributed by atoms with Crippen LogP contribution in [-0.2, 0) is 52.7 Å². The van der Waals surface area contributed by atoms with Gasteiger partial charge in [-0.05, 0) is 101 Å². The topological polar surface area (TPSA) is 243 Å². The molecule has 1 rings (SSSR count). The molecule has 1 saturated heterocycles.